The number of hydrogen-bond acceptors (Lipinski definition) is 3. The van der Waals surface area contributed by atoms with Crippen LogP contribution in [0.1, 0.15) is 0 Å². The Balaban J connectivity index is 2.46. The molecule has 0 bridgehead atoms. The van der Waals surface area contributed by atoms with E-state index in [1.165, 1.54) is 6.07 Å². The predicted octanol–water partition coefficient (Wildman–Crippen LogP) is 2.53. The van der Waals surface area contributed by atoms with Crippen LogP contribution in [0.25, 0.3) is 0 Å². The Kier molecular flexibility index (Phi) is 6.80. The molecule has 0 aliphatic heterocycles. The first-order valence-electron chi connectivity index (χ1n) is 5.50. The van der Waals surface area contributed by atoms with Crippen molar-refractivity contribution in [1.29, 1.82) is 0 Å². The third-order valence-electron chi connectivity index (χ3n) is 2.40. The van der Waals surface area contributed by atoms with Gasteiger partial charge in [-0.05, 0) is 41.8 Å². The van der Waals surface area contributed by atoms with Gasteiger partial charge in [-0.2, -0.15) is 4.39 Å². The van der Waals surface area contributed by atoms with Gasteiger partial charge in [-0.25, -0.2) is 4.39 Å². The average molecular weight is 371 g/mol. The van der Waals surface area contributed by atoms with Gasteiger partial charge in [0.2, 0.25) is 5.82 Å². The van der Waals surface area contributed by atoms with E-state index < -0.39 is 11.6 Å². The van der Waals surface area contributed by atoms with Crippen molar-refractivity contribution in [1.82, 2.24) is 4.90 Å². The first-order chi connectivity index (χ1) is 8.56. The molecule has 0 aromatic heterocycles. The molecule has 3 nitrogen and oxygen atoms in total. The van der Waals surface area contributed by atoms with Crippen LogP contribution in [0.4, 0.5) is 8.78 Å². The largest absolute Gasteiger partial charge is 0.488 e. The summed E-state index contributed by atoms with van der Waals surface area (Å²) in [5.41, 5.74) is 0. The van der Waals surface area contributed by atoms with Crippen molar-refractivity contribution < 1.29 is 18.3 Å². The maximum Gasteiger partial charge on any atom is 0.201 e. The zero-order valence-corrected chi connectivity index (χ0v) is 12.5. The lowest BCUT2D eigenvalue weighted by molar-refractivity contribution is 0.149. The van der Waals surface area contributed by atoms with Crippen LogP contribution in [-0.4, -0.2) is 45.4 Å². The molecule has 18 heavy (non-hydrogen) atoms. The van der Waals surface area contributed by atoms with Gasteiger partial charge < -0.3 is 14.4 Å². The first kappa shape index (κ1) is 15.6. The topological polar surface area (TPSA) is 21.7 Å². The second-order valence-electron chi connectivity index (χ2n) is 3.82. The quantitative estimate of drug-likeness (QED) is 0.543. The Labute approximate surface area is 119 Å². The fraction of sp³-hybridized carbons (Fsp3) is 0.500. The Morgan fingerprint density at radius 1 is 1.22 bits per heavy atom. The molecule has 0 unspecified atom stereocenters. The Bertz CT molecular complexity index is 391. The molecule has 1 aromatic carbocycles. The van der Waals surface area contributed by atoms with Crippen LogP contribution < -0.4 is 4.74 Å². The van der Waals surface area contributed by atoms with E-state index in [1.807, 2.05) is 34.5 Å². The summed E-state index contributed by atoms with van der Waals surface area (Å²) in [6.45, 7) is 2.32. The number of ether oxygens (including phenoxy) is 2. The van der Waals surface area contributed by atoms with Crippen molar-refractivity contribution in [2.45, 2.75) is 0 Å². The van der Waals surface area contributed by atoms with Gasteiger partial charge in [0.25, 0.3) is 0 Å². The van der Waals surface area contributed by atoms with Gasteiger partial charge in [-0.3, -0.25) is 0 Å². The number of hydrogen-bond donors (Lipinski definition) is 0. The van der Waals surface area contributed by atoms with Crippen LogP contribution in [0.2, 0.25) is 0 Å². The highest BCUT2D eigenvalue weighted by molar-refractivity contribution is 14.1. The van der Waals surface area contributed by atoms with E-state index in [0.717, 1.165) is 12.6 Å². The maximum absolute atomic E-state index is 13.5. The summed E-state index contributed by atoms with van der Waals surface area (Å²) >= 11 is 1.92. The number of methoxy groups -OCH3 is 1. The Hall–Kier alpha value is -0.470. The number of halogens is 3. The van der Waals surface area contributed by atoms with Gasteiger partial charge in [0, 0.05) is 20.2 Å². The third kappa shape index (κ3) is 4.66. The molecule has 0 radical (unpaired) electrons. The van der Waals surface area contributed by atoms with Gasteiger partial charge >= 0.3 is 0 Å². The standard InChI is InChI=1S/C12H16F2INO2/c1-16(5-7-17-2)6-8-18-12-10(15)4-3-9(13)11(12)14/h3-4H,5-8H2,1-2H3. The van der Waals surface area contributed by atoms with Crippen LogP contribution in [0, 0.1) is 15.2 Å². The van der Waals surface area contributed by atoms with E-state index in [2.05, 4.69) is 0 Å². The van der Waals surface area contributed by atoms with E-state index in [0.29, 0.717) is 23.3 Å². The first-order valence-corrected chi connectivity index (χ1v) is 6.58. The van der Waals surface area contributed by atoms with Crippen molar-refractivity contribution in [3.8, 4) is 5.75 Å². The van der Waals surface area contributed by atoms with E-state index in [1.54, 1.807) is 7.11 Å². The number of likely N-dealkylation sites (N-methyl/N-ethyl adjacent to an activating group) is 1. The normalized spacial score (nSPS) is 11.0. The zero-order valence-electron chi connectivity index (χ0n) is 10.4. The molecule has 0 amide bonds. The van der Waals surface area contributed by atoms with Crippen molar-refractivity contribution in [3.63, 3.8) is 0 Å². The lowest BCUT2D eigenvalue weighted by Gasteiger charge is -2.17. The summed E-state index contributed by atoms with van der Waals surface area (Å²) in [6, 6.07) is 2.58. The van der Waals surface area contributed by atoms with E-state index >= 15 is 0 Å². The molecule has 0 saturated heterocycles. The molecule has 0 N–H and O–H groups in total. The minimum absolute atomic E-state index is 0.0178. The van der Waals surface area contributed by atoms with Gasteiger partial charge in [0.05, 0.1) is 10.2 Å². The monoisotopic (exact) mass is 371 g/mol. The lowest BCUT2D eigenvalue weighted by Crippen LogP contribution is -2.27. The van der Waals surface area contributed by atoms with Crippen LogP contribution in [-0.2, 0) is 4.74 Å². The van der Waals surface area contributed by atoms with Gasteiger partial charge in [-0.15, -0.1) is 0 Å². The third-order valence-corrected chi connectivity index (χ3v) is 3.25. The van der Waals surface area contributed by atoms with Gasteiger partial charge in [0.1, 0.15) is 6.61 Å². The highest BCUT2D eigenvalue weighted by Gasteiger charge is 2.13. The molecule has 0 atom stereocenters. The van der Waals surface area contributed by atoms with E-state index in [9.17, 15) is 8.78 Å². The van der Waals surface area contributed by atoms with Crippen molar-refractivity contribution in [3.05, 3.63) is 27.3 Å². The molecule has 1 rings (SSSR count). The summed E-state index contributed by atoms with van der Waals surface area (Å²) in [7, 11) is 3.55. The molecule has 6 heteroatoms. The second-order valence-corrected chi connectivity index (χ2v) is 4.98. The highest BCUT2D eigenvalue weighted by Crippen LogP contribution is 2.26. The van der Waals surface area contributed by atoms with Crippen molar-refractivity contribution >= 4 is 22.6 Å². The molecule has 0 heterocycles. The molecule has 0 aliphatic rings. The highest BCUT2D eigenvalue weighted by atomic mass is 127. The minimum atomic E-state index is -0.929. The van der Waals surface area contributed by atoms with Crippen LogP contribution in [0.3, 0.4) is 0 Å². The minimum Gasteiger partial charge on any atom is -0.488 e. The molecule has 0 spiro atoms. The number of nitrogens with zero attached hydrogens (tertiary/aromatic N) is 1. The van der Waals surface area contributed by atoms with Gasteiger partial charge in [-0.1, -0.05) is 0 Å². The molecule has 0 aliphatic carbocycles. The smallest absolute Gasteiger partial charge is 0.201 e. The Morgan fingerprint density at radius 3 is 2.56 bits per heavy atom. The predicted molar refractivity (Wildman–Crippen MR) is 73.9 cm³/mol. The van der Waals surface area contributed by atoms with Crippen molar-refractivity contribution in [2.24, 2.45) is 0 Å². The van der Waals surface area contributed by atoms with Gasteiger partial charge in [0.15, 0.2) is 11.6 Å². The summed E-state index contributed by atoms with van der Waals surface area (Å²) in [4.78, 5) is 1.99. The summed E-state index contributed by atoms with van der Waals surface area (Å²) in [5.74, 6) is -1.84. The van der Waals surface area contributed by atoms with Crippen molar-refractivity contribution in [2.75, 3.05) is 40.5 Å². The van der Waals surface area contributed by atoms with E-state index in [-0.39, 0.29) is 5.75 Å². The molecule has 0 saturated carbocycles. The molecule has 1 aromatic rings. The summed E-state index contributed by atoms with van der Waals surface area (Å²) < 4.78 is 37.3. The maximum atomic E-state index is 13.5. The Morgan fingerprint density at radius 2 is 1.89 bits per heavy atom. The molecular weight excluding hydrogens is 355 g/mol. The number of rotatable bonds is 7. The summed E-state index contributed by atoms with van der Waals surface area (Å²) in [6.07, 6.45) is 0. The van der Waals surface area contributed by atoms with Crippen LogP contribution in [0.5, 0.6) is 5.75 Å². The fourth-order valence-electron chi connectivity index (χ4n) is 1.30. The lowest BCUT2D eigenvalue weighted by atomic mass is 10.3. The SMILES string of the molecule is COCCN(C)CCOc1c(I)ccc(F)c1F. The van der Waals surface area contributed by atoms with Crippen LogP contribution >= 0.6 is 22.6 Å². The fourth-order valence-corrected chi connectivity index (χ4v) is 1.88. The van der Waals surface area contributed by atoms with E-state index in [4.69, 9.17) is 9.47 Å². The second kappa shape index (κ2) is 7.85. The zero-order chi connectivity index (χ0) is 13.5. The van der Waals surface area contributed by atoms with Crippen LogP contribution in [0.15, 0.2) is 12.1 Å². The molecule has 102 valence electrons. The molecular formula is C12H16F2INO2. The number of benzene rings is 1. The molecule has 0 fully saturated rings. The average Bonchev–Trinajstić information content (AvgIpc) is 2.35. The summed E-state index contributed by atoms with van der Waals surface area (Å²) in [5, 5.41) is 0.